The maximum atomic E-state index is 11.1. The van der Waals surface area contributed by atoms with Gasteiger partial charge in [-0.2, -0.15) is 5.10 Å². The Morgan fingerprint density at radius 2 is 2.30 bits per heavy atom. The number of hydrogen-bond acceptors (Lipinski definition) is 3. The first-order chi connectivity index (χ1) is 9.49. The second-order valence-electron chi connectivity index (χ2n) is 4.59. The van der Waals surface area contributed by atoms with Crippen LogP contribution in [0, 0.1) is 0 Å². The summed E-state index contributed by atoms with van der Waals surface area (Å²) < 4.78 is 2.61. The summed E-state index contributed by atoms with van der Waals surface area (Å²) in [6, 6.07) is 8.14. The highest BCUT2D eigenvalue weighted by Gasteiger charge is 2.15. The van der Waals surface area contributed by atoms with Gasteiger partial charge < -0.3 is 10.4 Å². The van der Waals surface area contributed by atoms with Crippen LogP contribution in [0.2, 0.25) is 0 Å². The summed E-state index contributed by atoms with van der Waals surface area (Å²) in [4.78, 5) is 11.1. The molecular weight excluding hydrogens is 322 g/mol. The van der Waals surface area contributed by atoms with Gasteiger partial charge in [0.1, 0.15) is 5.56 Å². The predicted octanol–water partition coefficient (Wildman–Crippen LogP) is 2.73. The number of aromatic carboxylic acids is 1. The molecule has 2 N–H and O–H groups in total. The van der Waals surface area contributed by atoms with E-state index < -0.39 is 5.97 Å². The molecule has 0 aliphatic rings. The summed E-state index contributed by atoms with van der Waals surface area (Å²) in [6.45, 7) is 2.49. The topological polar surface area (TPSA) is 67.2 Å². The van der Waals surface area contributed by atoms with E-state index in [2.05, 4.69) is 26.3 Å². The van der Waals surface area contributed by atoms with Gasteiger partial charge in [0.2, 0.25) is 0 Å². The van der Waals surface area contributed by atoms with Gasteiger partial charge in [0.05, 0.1) is 11.9 Å². The highest BCUT2D eigenvalue weighted by atomic mass is 79.9. The third-order valence-corrected chi connectivity index (χ3v) is 3.71. The minimum absolute atomic E-state index is 0.115. The van der Waals surface area contributed by atoms with Crippen LogP contribution in [0.25, 0.3) is 0 Å². The van der Waals surface area contributed by atoms with Crippen LogP contribution in [-0.2, 0) is 13.6 Å². The van der Waals surface area contributed by atoms with Crippen LogP contribution >= 0.6 is 15.9 Å². The fourth-order valence-electron chi connectivity index (χ4n) is 1.99. The molecule has 2 aromatic rings. The SMILES string of the molecule is C[C@H](NCc1c(C(=O)O)cnn1C)c1cccc(Br)c1. The molecule has 106 valence electrons. The van der Waals surface area contributed by atoms with Crippen LogP contribution in [0.3, 0.4) is 0 Å². The number of carbonyl (C=O) groups is 1. The highest BCUT2D eigenvalue weighted by Crippen LogP contribution is 2.18. The van der Waals surface area contributed by atoms with Crippen LogP contribution in [-0.4, -0.2) is 20.9 Å². The Morgan fingerprint density at radius 3 is 2.95 bits per heavy atom. The lowest BCUT2D eigenvalue weighted by molar-refractivity contribution is 0.0695. The molecule has 5 nitrogen and oxygen atoms in total. The number of hydrogen-bond donors (Lipinski definition) is 2. The fraction of sp³-hybridized carbons (Fsp3) is 0.286. The molecule has 1 aromatic heterocycles. The summed E-state index contributed by atoms with van der Waals surface area (Å²) in [5.41, 5.74) is 2.04. The Bertz CT molecular complexity index is 625. The van der Waals surface area contributed by atoms with E-state index in [0.29, 0.717) is 12.2 Å². The molecule has 0 unspecified atom stereocenters. The number of halogens is 1. The fourth-order valence-corrected chi connectivity index (χ4v) is 2.41. The lowest BCUT2D eigenvalue weighted by Crippen LogP contribution is -2.21. The monoisotopic (exact) mass is 337 g/mol. The molecule has 0 amide bonds. The molecule has 0 saturated heterocycles. The number of carboxylic acid groups (broad SMARTS) is 1. The van der Waals surface area contributed by atoms with Gasteiger partial charge >= 0.3 is 5.97 Å². The normalized spacial score (nSPS) is 12.3. The summed E-state index contributed by atoms with van der Waals surface area (Å²) in [5, 5.41) is 16.4. The van der Waals surface area contributed by atoms with E-state index in [4.69, 9.17) is 5.11 Å². The summed E-state index contributed by atoms with van der Waals surface area (Å²) in [5.74, 6) is -0.954. The molecule has 1 atom stereocenters. The van der Waals surface area contributed by atoms with E-state index in [9.17, 15) is 4.79 Å². The van der Waals surface area contributed by atoms with Gasteiger partial charge in [-0.25, -0.2) is 4.79 Å². The van der Waals surface area contributed by atoms with Crippen LogP contribution in [0.1, 0.15) is 34.6 Å². The first-order valence-corrected chi connectivity index (χ1v) is 7.01. The Hall–Kier alpha value is -1.66. The van der Waals surface area contributed by atoms with Crippen LogP contribution in [0.4, 0.5) is 0 Å². The predicted molar refractivity (Wildman–Crippen MR) is 79.6 cm³/mol. The van der Waals surface area contributed by atoms with Crippen molar-refractivity contribution in [2.24, 2.45) is 7.05 Å². The van der Waals surface area contributed by atoms with Crippen molar-refractivity contribution in [2.45, 2.75) is 19.5 Å². The lowest BCUT2D eigenvalue weighted by atomic mass is 10.1. The summed E-state index contributed by atoms with van der Waals surface area (Å²) in [6.07, 6.45) is 1.38. The van der Waals surface area contributed by atoms with Gasteiger partial charge in [0.25, 0.3) is 0 Å². The van der Waals surface area contributed by atoms with Crippen molar-refractivity contribution in [1.82, 2.24) is 15.1 Å². The summed E-state index contributed by atoms with van der Waals surface area (Å²) in [7, 11) is 1.74. The molecule has 2 rings (SSSR count). The molecule has 6 heteroatoms. The van der Waals surface area contributed by atoms with E-state index in [-0.39, 0.29) is 11.6 Å². The quantitative estimate of drug-likeness (QED) is 0.880. The first kappa shape index (κ1) is 14.7. The van der Waals surface area contributed by atoms with E-state index >= 15 is 0 Å². The van der Waals surface area contributed by atoms with Crippen LogP contribution in [0.5, 0.6) is 0 Å². The Kier molecular flexibility index (Phi) is 4.57. The molecule has 0 saturated carbocycles. The van der Waals surface area contributed by atoms with Gasteiger partial charge in [-0.15, -0.1) is 0 Å². The average molecular weight is 338 g/mol. The van der Waals surface area contributed by atoms with E-state index in [0.717, 1.165) is 10.0 Å². The number of aromatic nitrogens is 2. The number of rotatable bonds is 5. The zero-order valence-electron chi connectivity index (χ0n) is 11.3. The van der Waals surface area contributed by atoms with E-state index in [1.807, 2.05) is 31.2 Å². The molecule has 0 aliphatic carbocycles. The van der Waals surface area contributed by atoms with Crippen LogP contribution in [0.15, 0.2) is 34.9 Å². The molecular formula is C14H16BrN3O2. The third kappa shape index (κ3) is 3.26. The Morgan fingerprint density at radius 1 is 1.55 bits per heavy atom. The van der Waals surface area contributed by atoms with Gasteiger partial charge in [0, 0.05) is 24.1 Å². The number of nitrogens with one attached hydrogen (secondary N) is 1. The van der Waals surface area contributed by atoms with Gasteiger partial charge in [-0.05, 0) is 24.6 Å². The van der Waals surface area contributed by atoms with Crippen molar-refractivity contribution in [1.29, 1.82) is 0 Å². The number of carboxylic acids is 1. The van der Waals surface area contributed by atoms with Crippen molar-refractivity contribution in [2.75, 3.05) is 0 Å². The van der Waals surface area contributed by atoms with Crippen molar-refractivity contribution >= 4 is 21.9 Å². The molecule has 20 heavy (non-hydrogen) atoms. The molecule has 0 fully saturated rings. The van der Waals surface area contributed by atoms with Crippen LogP contribution < -0.4 is 5.32 Å². The molecule has 1 heterocycles. The van der Waals surface area contributed by atoms with Gasteiger partial charge in [-0.3, -0.25) is 4.68 Å². The number of benzene rings is 1. The Labute approximate surface area is 125 Å². The number of nitrogens with zero attached hydrogens (tertiary/aromatic N) is 2. The average Bonchev–Trinajstić information content (AvgIpc) is 2.77. The standard InChI is InChI=1S/C14H16BrN3O2/c1-9(10-4-3-5-11(15)6-10)16-8-13-12(14(19)20)7-17-18(13)2/h3-7,9,16H,8H2,1-2H3,(H,19,20)/t9-/m0/s1. The minimum Gasteiger partial charge on any atom is -0.478 e. The third-order valence-electron chi connectivity index (χ3n) is 3.22. The minimum atomic E-state index is -0.954. The van der Waals surface area contributed by atoms with E-state index in [1.165, 1.54) is 6.20 Å². The molecule has 0 radical (unpaired) electrons. The van der Waals surface area contributed by atoms with Crippen molar-refractivity contribution in [3.8, 4) is 0 Å². The van der Waals surface area contributed by atoms with Crippen molar-refractivity contribution in [3.63, 3.8) is 0 Å². The highest BCUT2D eigenvalue weighted by molar-refractivity contribution is 9.10. The maximum absolute atomic E-state index is 11.1. The zero-order valence-corrected chi connectivity index (χ0v) is 12.9. The second kappa shape index (κ2) is 6.19. The largest absolute Gasteiger partial charge is 0.478 e. The molecule has 0 bridgehead atoms. The van der Waals surface area contributed by atoms with Gasteiger partial charge in [0.15, 0.2) is 0 Å². The second-order valence-corrected chi connectivity index (χ2v) is 5.51. The first-order valence-electron chi connectivity index (χ1n) is 6.22. The van der Waals surface area contributed by atoms with Crippen molar-refractivity contribution in [3.05, 3.63) is 51.8 Å². The summed E-state index contributed by atoms with van der Waals surface area (Å²) >= 11 is 3.44. The van der Waals surface area contributed by atoms with Gasteiger partial charge in [-0.1, -0.05) is 28.1 Å². The molecule has 0 spiro atoms. The van der Waals surface area contributed by atoms with Crippen molar-refractivity contribution < 1.29 is 9.90 Å². The smallest absolute Gasteiger partial charge is 0.339 e. The molecule has 0 aliphatic heterocycles. The zero-order chi connectivity index (χ0) is 14.7. The Balaban J connectivity index is 2.09. The van der Waals surface area contributed by atoms with E-state index in [1.54, 1.807) is 11.7 Å². The number of aryl methyl sites for hydroxylation is 1. The maximum Gasteiger partial charge on any atom is 0.339 e. The molecule has 1 aromatic carbocycles. The lowest BCUT2D eigenvalue weighted by Gasteiger charge is -2.15.